The summed E-state index contributed by atoms with van der Waals surface area (Å²) in [7, 11) is 1.85. The van der Waals surface area contributed by atoms with E-state index in [2.05, 4.69) is 0 Å². The number of thiophene rings is 1. The summed E-state index contributed by atoms with van der Waals surface area (Å²) in [6, 6.07) is 1.60. The monoisotopic (exact) mass is 284 g/mol. The molecule has 1 fully saturated rings. The summed E-state index contributed by atoms with van der Waals surface area (Å²) in [5, 5.41) is 11.7. The van der Waals surface area contributed by atoms with Crippen LogP contribution in [0.2, 0.25) is 0 Å². The van der Waals surface area contributed by atoms with E-state index < -0.39 is 4.92 Å². The molecule has 1 aliphatic heterocycles. The Kier molecular flexibility index (Phi) is 4.16. The van der Waals surface area contributed by atoms with Gasteiger partial charge in [-0.1, -0.05) is 0 Å². The van der Waals surface area contributed by atoms with Crippen molar-refractivity contribution >= 4 is 27.8 Å². The maximum absolute atomic E-state index is 11.4. The van der Waals surface area contributed by atoms with Crippen LogP contribution >= 0.6 is 11.3 Å². The van der Waals surface area contributed by atoms with Gasteiger partial charge in [0.1, 0.15) is 0 Å². The lowest BCUT2D eigenvalue weighted by Gasteiger charge is -2.31. The van der Waals surface area contributed by atoms with E-state index in [1.54, 1.807) is 0 Å². The van der Waals surface area contributed by atoms with E-state index >= 15 is 0 Å². The lowest BCUT2D eigenvalue weighted by Crippen LogP contribution is -2.36. The van der Waals surface area contributed by atoms with Gasteiger partial charge in [-0.3, -0.25) is 14.9 Å². The summed E-state index contributed by atoms with van der Waals surface area (Å²) >= 11 is 1.19. The predicted molar refractivity (Wildman–Crippen MR) is 73.2 cm³/mol. The van der Waals surface area contributed by atoms with E-state index in [0.29, 0.717) is 23.1 Å². The third kappa shape index (κ3) is 2.93. The normalized spacial score (nSPS) is 16.3. The minimum Gasteiger partial charge on any atom is -0.381 e. The number of anilines is 1. The van der Waals surface area contributed by atoms with Crippen molar-refractivity contribution in [3.8, 4) is 0 Å². The van der Waals surface area contributed by atoms with Crippen LogP contribution in [0.25, 0.3) is 0 Å². The predicted octanol–water partition coefficient (Wildman–Crippen LogP) is 2.47. The van der Waals surface area contributed by atoms with E-state index in [1.165, 1.54) is 24.3 Å². The number of ether oxygens (including phenoxy) is 1. The Hall–Kier alpha value is -1.47. The van der Waals surface area contributed by atoms with Crippen LogP contribution in [0.15, 0.2) is 6.07 Å². The van der Waals surface area contributed by atoms with Gasteiger partial charge in [0.05, 0.1) is 9.80 Å². The number of rotatable bonds is 4. The number of hydrogen-bond acceptors (Lipinski definition) is 6. The van der Waals surface area contributed by atoms with Crippen LogP contribution in [0, 0.1) is 10.1 Å². The summed E-state index contributed by atoms with van der Waals surface area (Å²) in [6.07, 6.45) is 1.70. The second-order valence-corrected chi connectivity index (χ2v) is 5.60. The molecule has 2 rings (SSSR count). The molecule has 1 aromatic heterocycles. The molecule has 1 saturated heterocycles. The van der Waals surface area contributed by atoms with Crippen molar-refractivity contribution < 1.29 is 14.5 Å². The molecule has 19 heavy (non-hydrogen) atoms. The zero-order valence-corrected chi connectivity index (χ0v) is 11.7. The van der Waals surface area contributed by atoms with Crippen LogP contribution < -0.4 is 4.90 Å². The van der Waals surface area contributed by atoms with Gasteiger partial charge in [0.2, 0.25) is 0 Å². The molecule has 104 valence electrons. The molecule has 0 spiro atoms. The lowest BCUT2D eigenvalue weighted by molar-refractivity contribution is -0.383. The van der Waals surface area contributed by atoms with Crippen molar-refractivity contribution in [2.75, 3.05) is 25.2 Å². The van der Waals surface area contributed by atoms with Gasteiger partial charge in [-0.25, -0.2) is 0 Å². The zero-order chi connectivity index (χ0) is 14.0. The van der Waals surface area contributed by atoms with E-state index in [-0.39, 0.29) is 17.5 Å². The molecule has 2 heterocycles. The summed E-state index contributed by atoms with van der Waals surface area (Å²) in [5.74, 6) is -0.139. The molecule has 7 heteroatoms. The highest BCUT2D eigenvalue weighted by Crippen LogP contribution is 2.39. The maximum Gasteiger partial charge on any atom is 0.304 e. The van der Waals surface area contributed by atoms with Gasteiger partial charge < -0.3 is 9.64 Å². The number of hydrogen-bond donors (Lipinski definition) is 0. The number of nitro groups is 1. The molecule has 1 aliphatic rings. The molecule has 0 atom stereocenters. The fourth-order valence-electron chi connectivity index (χ4n) is 2.17. The molecule has 1 aromatic rings. The maximum atomic E-state index is 11.4. The fourth-order valence-corrected chi connectivity index (χ4v) is 3.22. The van der Waals surface area contributed by atoms with Crippen molar-refractivity contribution in [3.63, 3.8) is 0 Å². The SMILES string of the molecule is CC(=O)c1cc([N+](=O)[O-])c(N(C)C2CCOCC2)s1. The van der Waals surface area contributed by atoms with E-state index in [9.17, 15) is 14.9 Å². The molecule has 0 unspecified atom stereocenters. The van der Waals surface area contributed by atoms with Gasteiger partial charge in [0.15, 0.2) is 10.8 Å². The first-order chi connectivity index (χ1) is 9.00. The minimum atomic E-state index is -0.423. The standard InChI is InChI=1S/C12H16N2O4S/c1-8(15)11-7-10(14(16)17)12(19-11)13(2)9-3-5-18-6-4-9/h7,9H,3-6H2,1-2H3. The first kappa shape index (κ1) is 14.0. The molecule has 6 nitrogen and oxygen atoms in total. The first-order valence-corrected chi connectivity index (χ1v) is 6.92. The molecule has 0 aromatic carbocycles. The van der Waals surface area contributed by atoms with Gasteiger partial charge >= 0.3 is 5.69 Å². The third-order valence-electron chi connectivity index (χ3n) is 3.30. The lowest BCUT2D eigenvalue weighted by atomic mass is 10.1. The van der Waals surface area contributed by atoms with Crippen molar-refractivity contribution in [1.29, 1.82) is 0 Å². The molecule has 0 radical (unpaired) electrons. The van der Waals surface area contributed by atoms with Gasteiger partial charge in [-0.15, -0.1) is 11.3 Å². The van der Waals surface area contributed by atoms with Crippen LogP contribution in [-0.4, -0.2) is 37.0 Å². The Morgan fingerprint density at radius 1 is 1.53 bits per heavy atom. The molecule has 0 aliphatic carbocycles. The number of carbonyl (C=O) groups is 1. The third-order valence-corrected chi connectivity index (χ3v) is 4.61. The van der Waals surface area contributed by atoms with E-state index in [1.807, 2.05) is 11.9 Å². The summed E-state index contributed by atoms with van der Waals surface area (Å²) in [4.78, 5) is 24.4. The van der Waals surface area contributed by atoms with Crippen LogP contribution in [0.4, 0.5) is 10.7 Å². The Labute approximate surface area is 115 Å². The average molecular weight is 284 g/mol. The Balaban J connectivity index is 2.30. The zero-order valence-electron chi connectivity index (χ0n) is 10.9. The van der Waals surface area contributed by atoms with Crippen LogP contribution in [0.3, 0.4) is 0 Å². The Morgan fingerprint density at radius 2 is 2.16 bits per heavy atom. The van der Waals surface area contributed by atoms with Crippen LogP contribution in [0.5, 0.6) is 0 Å². The number of carbonyl (C=O) groups excluding carboxylic acids is 1. The first-order valence-electron chi connectivity index (χ1n) is 6.10. The molecule has 0 N–H and O–H groups in total. The highest BCUT2D eigenvalue weighted by atomic mass is 32.1. The summed E-state index contributed by atoms with van der Waals surface area (Å²) < 4.78 is 5.30. The topological polar surface area (TPSA) is 72.7 Å². The van der Waals surface area contributed by atoms with Crippen molar-refractivity contribution in [1.82, 2.24) is 0 Å². The van der Waals surface area contributed by atoms with E-state index in [0.717, 1.165) is 12.8 Å². The molecular weight excluding hydrogens is 268 g/mol. The smallest absolute Gasteiger partial charge is 0.304 e. The largest absolute Gasteiger partial charge is 0.381 e. The molecule has 0 amide bonds. The van der Waals surface area contributed by atoms with Gasteiger partial charge in [0.25, 0.3) is 0 Å². The summed E-state index contributed by atoms with van der Waals surface area (Å²) in [6.45, 7) is 2.77. The van der Waals surface area contributed by atoms with Crippen LogP contribution in [0.1, 0.15) is 29.4 Å². The van der Waals surface area contributed by atoms with Crippen molar-refractivity contribution in [2.24, 2.45) is 0 Å². The molecular formula is C12H16N2O4S. The number of nitrogens with zero attached hydrogens (tertiary/aromatic N) is 2. The number of Topliss-reactive ketones (excluding diaryl/α,β-unsaturated/α-hetero) is 1. The molecule has 0 bridgehead atoms. The summed E-state index contributed by atoms with van der Waals surface area (Å²) in [5.41, 5.74) is 0.0178. The Morgan fingerprint density at radius 3 is 2.68 bits per heavy atom. The van der Waals surface area contributed by atoms with Crippen LogP contribution in [-0.2, 0) is 4.74 Å². The average Bonchev–Trinajstić information content (AvgIpc) is 2.84. The Bertz CT molecular complexity index is 494. The highest BCUT2D eigenvalue weighted by molar-refractivity contribution is 7.18. The van der Waals surface area contributed by atoms with Gasteiger partial charge in [-0.05, 0) is 19.8 Å². The second-order valence-electron chi connectivity index (χ2n) is 4.57. The van der Waals surface area contributed by atoms with Gasteiger partial charge in [0, 0.05) is 32.4 Å². The quantitative estimate of drug-likeness (QED) is 0.482. The highest BCUT2D eigenvalue weighted by Gasteiger charge is 2.28. The van der Waals surface area contributed by atoms with E-state index in [4.69, 9.17) is 4.74 Å². The van der Waals surface area contributed by atoms with Gasteiger partial charge in [-0.2, -0.15) is 0 Å². The minimum absolute atomic E-state index is 0.0178. The van der Waals surface area contributed by atoms with Crippen molar-refractivity contribution in [2.45, 2.75) is 25.8 Å². The second kappa shape index (κ2) is 5.66. The molecule has 0 saturated carbocycles. The van der Waals surface area contributed by atoms with Crippen molar-refractivity contribution in [3.05, 3.63) is 21.1 Å². The fraction of sp³-hybridized carbons (Fsp3) is 0.583. The number of ketones is 1.